The smallest absolute Gasteiger partial charge is 0.283 e. The molecule has 20 heavy (non-hydrogen) atoms. The lowest BCUT2D eigenvalue weighted by Crippen LogP contribution is -2.33. The van der Waals surface area contributed by atoms with E-state index in [1.165, 1.54) is 4.68 Å². The Bertz CT molecular complexity index is 526. The van der Waals surface area contributed by atoms with Gasteiger partial charge in [0.15, 0.2) is 0 Å². The molecule has 0 aliphatic rings. The zero-order valence-electron chi connectivity index (χ0n) is 12.2. The van der Waals surface area contributed by atoms with Crippen LogP contribution >= 0.6 is 15.9 Å². The van der Waals surface area contributed by atoms with Crippen LogP contribution in [-0.4, -0.2) is 28.8 Å². The Kier molecular flexibility index (Phi) is 6.19. The summed E-state index contributed by atoms with van der Waals surface area (Å²) in [4.78, 5) is 23.6. The average molecular weight is 345 g/mol. The van der Waals surface area contributed by atoms with E-state index in [-0.39, 0.29) is 24.1 Å². The van der Waals surface area contributed by atoms with Gasteiger partial charge >= 0.3 is 0 Å². The number of anilines is 1. The number of nitrogens with zero attached hydrogens (tertiary/aromatic N) is 2. The average Bonchev–Trinajstić information content (AvgIpc) is 2.37. The van der Waals surface area contributed by atoms with Crippen LogP contribution in [0.3, 0.4) is 0 Å². The van der Waals surface area contributed by atoms with Crippen LogP contribution in [0.5, 0.6) is 0 Å². The Morgan fingerprint density at radius 1 is 1.40 bits per heavy atom. The first kappa shape index (κ1) is 16.7. The molecule has 6 nitrogen and oxygen atoms in total. The standard InChI is InChI=1S/C13H21BrN4O2/c1-8(2)5-16-11(19)7-15-10-6-17-18(9(3)4)13(20)12(10)14/h6,8-9,15H,5,7H2,1-4H3,(H,16,19). The van der Waals surface area contributed by atoms with E-state index in [1.807, 2.05) is 27.7 Å². The van der Waals surface area contributed by atoms with Crippen molar-refractivity contribution >= 4 is 27.5 Å². The molecule has 112 valence electrons. The third-order valence-corrected chi connectivity index (χ3v) is 3.35. The van der Waals surface area contributed by atoms with E-state index in [1.54, 1.807) is 6.20 Å². The van der Waals surface area contributed by atoms with Crippen molar-refractivity contribution in [2.24, 2.45) is 5.92 Å². The van der Waals surface area contributed by atoms with Crippen molar-refractivity contribution in [1.29, 1.82) is 0 Å². The number of carbonyl (C=O) groups excluding carboxylic acids is 1. The van der Waals surface area contributed by atoms with Crippen LogP contribution in [0.25, 0.3) is 0 Å². The van der Waals surface area contributed by atoms with E-state index in [4.69, 9.17) is 0 Å². The third kappa shape index (κ3) is 4.63. The predicted octanol–water partition coefficient (Wildman–Crippen LogP) is 1.77. The van der Waals surface area contributed by atoms with Gasteiger partial charge in [0.1, 0.15) is 4.47 Å². The van der Waals surface area contributed by atoms with Crippen molar-refractivity contribution in [3.05, 3.63) is 21.0 Å². The molecule has 1 heterocycles. The molecular weight excluding hydrogens is 324 g/mol. The number of hydrogen-bond acceptors (Lipinski definition) is 4. The minimum atomic E-state index is -0.215. The van der Waals surface area contributed by atoms with Crippen LogP contribution in [-0.2, 0) is 4.79 Å². The molecule has 0 radical (unpaired) electrons. The highest BCUT2D eigenvalue weighted by atomic mass is 79.9. The summed E-state index contributed by atoms with van der Waals surface area (Å²) >= 11 is 3.24. The van der Waals surface area contributed by atoms with Crippen LogP contribution in [0, 0.1) is 5.92 Å². The topological polar surface area (TPSA) is 76.0 Å². The normalized spacial score (nSPS) is 10.9. The Morgan fingerprint density at radius 3 is 2.60 bits per heavy atom. The van der Waals surface area contributed by atoms with E-state index in [9.17, 15) is 9.59 Å². The van der Waals surface area contributed by atoms with E-state index < -0.39 is 0 Å². The predicted molar refractivity (Wildman–Crippen MR) is 82.9 cm³/mol. The summed E-state index contributed by atoms with van der Waals surface area (Å²) in [7, 11) is 0. The molecule has 0 saturated carbocycles. The molecule has 0 aromatic carbocycles. The van der Waals surface area contributed by atoms with Gasteiger partial charge in [-0.15, -0.1) is 0 Å². The fourth-order valence-electron chi connectivity index (χ4n) is 1.49. The second kappa shape index (κ2) is 7.42. The van der Waals surface area contributed by atoms with Gasteiger partial charge < -0.3 is 10.6 Å². The maximum absolute atomic E-state index is 12.0. The molecule has 0 aliphatic heterocycles. The van der Waals surface area contributed by atoms with E-state index >= 15 is 0 Å². The molecule has 1 amide bonds. The summed E-state index contributed by atoms with van der Waals surface area (Å²) in [5.74, 6) is 0.293. The second-order valence-corrected chi connectivity index (χ2v) is 6.06. The zero-order chi connectivity index (χ0) is 15.3. The van der Waals surface area contributed by atoms with Crippen LogP contribution in [0.15, 0.2) is 15.5 Å². The van der Waals surface area contributed by atoms with E-state index in [0.717, 1.165) is 0 Å². The molecule has 2 N–H and O–H groups in total. The number of hydrogen-bond donors (Lipinski definition) is 2. The van der Waals surface area contributed by atoms with Gasteiger partial charge in [-0.25, -0.2) is 4.68 Å². The Labute approximate surface area is 127 Å². The van der Waals surface area contributed by atoms with Gasteiger partial charge in [0.2, 0.25) is 5.91 Å². The van der Waals surface area contributed by atoms with Crippen LogP contribution in [0.4, 0.5) is 5.69 Å². The quantitative estimate of drug-likeness (QED) is 0.824. The van der Waals surface area contributed by atoms with Crippen molar-refractivity contribution in [2.75, 3.05) is 18.4 Å². The maximum atomic E-state index is 12.0. The largest absolute Gasteiger partial charge is 0.374 e. The highest BCUT2D eigenvalue weighted by Gasteiger charge is 2.11. The highest BCUT2D eigenvalue weighted by molar-refractivity contribution is 9.10. The van der Waals surface area contributed by atoms with Crippen molar-refractivity contribution in [2.45, 2.75) is 33.7 Å². The van der Waals surface area contributed by atoms with Gasteiger partial charge in [0.05, 0.1) is 24.5 Å². The molecule has 0 spiro atoms. The number of rotatable bonds is 6. The maximum Gasteiger partial charge on any atom is 0.283 e. The van der Waals surface area contributed by atoms with Crippen LogP contribution in [0.1, 0.15) is 33.7 Å². The third-order valence-electron chi connectivity index (χ3n) is 2.58. The summed E-state index contributed by atoms with van der Waals surface area (Å²) in [6.07, 6.45) is 1.54. The summed E-state index contributed by atoms with van der Waals surface area (Å²) in [6.45, 7) is 8.56. The first-order valence-electron chi connectivity index (χ1n) is 6.60. The minimum absolute atomic E-state index is 0.0119. The monoisotopic (exact) mass is 344 g/mol. The minimum Gasteiger partial charge on any atom is -0.374 e. The molecule has 0 atom stereocenters. The molecule has 1 aromatic heterocycles. The number of amides is 1. The van der Waals surface area contributed by atoms with Crippen LogP contribution < -0.4 is 16.2 Å². The molecule has 0 aliphatic carbocycles. The Hall–Kier alpha value is -1.37. The van der Waals surface area contributed by atoms with Gasteiger partial charge in [0, 0.05) is 6.54 Å². The number of carbonyl (C=O) groups is 1. The summed E-state index contributed by atoms with van der Waals surface area (Å²) in [5, 5.41) is 9.77. The second-order valence-electron chi connectivity index (χ2n) is 5.27. The first-order chi connectivity index (χ1) is 9.32. The summed E-state index contributed by atoms with van der Waals surface area (Å²) in [6, 6.07) is -0.0119. The number of aromatic nitrogens is 2. The number of halogens is 1. The summed E-state index contributed by atoms with van der Waals surface area (Å²) < 4.78 is 1.77. The fourth-order valence-corrected chi connectivity index (χ4v) is 1.92. The first-order valence-corrected chi connectivity index (χ1v) is 7.40. The SMILES string of the molecule is CC(C)CNC(=O)CNc1cnn(C(C)C)c(=O)c1Br. The van der Waals surface area contributed by atoms with Gasteiger partial charge in [-0.05, 0) is 35.7 Å². The molecule has 0 bridgehead atoms. The molecule has 1 aromatic rings. The molecule has 0 fully saturated rings. The molecular formula is C13H21BrN4O2. The van der Waals surface area contributed by atoms with Crippen molar-refractivity contribution in [3.63, 3.8) is 0 Å². The lowest BCUT2D eigenvalue weighted by molar-refractivity contribution is -0.119. The van der Waals surface area contributed by atoms with Crippen LogP contribution in [0.2, 0.25) is 0 Å². The van der Waals surface area contributed by atoms with Crippen molar-refractivity contribution < 1.29 is 4.79 Å². The van der Waals surface area contributed by atoms with Crippen molar-refractivity contribution in [3.8, 4) is 0 Å². The lowest BCUT2D eigenvalue weighted by atomic mass is 10.2. The van der Waals surface area contributed by atoms with E-state index in [2.05, 4.69) is 31.7 Å². The van der Waals surface area contributed by atoms with Gasteiger partial charge in [0.25, 0.3) is 5.56 Å². The van der Waals surface area contributed by atoms with Gasteiger partial charge in [-0.3, -0.25) is 9.59 Å². The molecule has 7 heteroatoms. The van der Waals surface area contributed by atoms with E-state index in [0.29, 0.717) is 22.6 Å². The molecule has 0 saturated heterocycles. The Balaban J connectivity index is 2.68. The molecule has 0 unspecified atom stereocenters. The Morgan fingerprint density at radius 2 is 2.05 bits per heavy atom. The van der Waals surface area contributed by atoms with Gasteiger partial charge in [-0.2, -0.15) is 5.10 Å². The number of nitrogens with one attached hydrogen (secondary N) is 2. The lowest BCUT2D eigenvalue weighted by Gasteiger charge is -2.13. The zero-order valence-corrected chi connectivity index (χ0v) is 13.8. The van der Waals surface area contributed by atoms with Crippen molar-refractivity contribution in [1.82, 2.24) is 15.1 Å². The fraction of sp³-hybridized carbons (Fsp3) is 0.615. The van der Waals surface area contributed by atoms with Gasteiger partial charge in [-0.1, -0.05) is 13.8 Å². The highest BCUT2D eigenvalue weighted by Crippen LogP contribution is 2.16. The molecule has 1 rings (SSSR count). The summed E-state index contributed by atoms with van der Waals surface area (Å²) in [5.41, 5.74) is 0.305.